The van der Waals surface area contributed by atoms with E-state index in [4.69, 9.17) is 30.4 Å². The van der Waals surface area contributed by atoms with Crippen molar-refractivity contribution in [1.29, 1.82) is 0 Å². The summed E-state index contributed by atoms with van der Waals surface area (Å²) >= 11 is 0. The largest absolute Gasteiger partial charge is 0.508 e. The number of phenols is 1. The fourth-order valence-electron chi connectivity index (χ4n) is 14.2. The van der Waals surface area contributed by atoms with Crippen LogP contribution in [0.3, 0.4) is 0 Å². The van der Waals surface area contributed by atoms with Gasteiger partial charge in [0.15, 0.2) is 10.1 Å². The van der Waals surface area contributed by atoms with Gasteiger partial charge in [-0.3, -0.25) is 52.7 Å². The minimum absolute atomic E-state index is 0.0187. The number of esters is 4. The third kappa shape index (κ3) is 28.4. The summed E-state index contributed by atoms with van der Waals surface area (Å²) < 4.78 is 22.5. The Balaban J connectivity index is 1.02. The lowest BCUT2D eigenvalue weighted by Crippen LogP contribution is -2.59. The van der Waals surface area contributed by atoms with Crippen LogP contribution in [0.2, 0.25) is 0 Å². The van der Waals surface area contributed by atoms with E-state index < -0.39 is 180 Å². The molecule has 0 heterocycles. The molecular formula is C77H102N16O21. The van der Waals surface area contributed by atoms with Crippen LogP contribution in [0.1, 0.15) is 152 Å². The van der Waals surface area contributed by atoms with E-state index in [0.717, 1.165) is 37.7 Å². The number of aryl methyl sites for hydroxylation is 1. The summed E-state index contributed by atoms with van der Waals surface area (Å²) in [4.78, 5) is 196. The van der Waals surface area contributed by atoms with E-state index in [1.54, 1.807) is 122 Å². The predicted octanol–water partition coefficient (Wildman–Crippen LogP) is 2.16. The Morgan fingerprint density at radius 2 is 1.00 bits per heavy atom. The van der Waals surface area contributed by atoms with E-state index in [1.165, 1.54) is 19.4 Å². The summed E-state index contributed by atoms with van der Waals surface area (Å²) in [6.45, 7) is 5.49. The lowest BCUT2D eigenvalue weighted by molar-refractivity contribution is -0.525. The van der Waals surface area contributed by atoms with Crippen LogP contribution in [-0.4, -0.2) is 167 Å². The molecule has 0 unspecified atom stereocenters. The molecule has 2 fully saturated rings. The highest BCUT2D eigenvalue weighted by molar-refractivity contribution is 5.98. The maximum atomic E-state index is 14.5. The van der Waals surface area contributed by atoms with Crippen molar-refractivity contribution < 1.29 is 91.7 Å². The predicted molar refractivity (Wildman–Crippen MR) is 409 cm³/mol. The number of ether oxygens (including phenoxy) is 4. The topological polar surface area (TPSA) is 545 Å². The van der Waals surface area contributed by atoms with Gasteiger partial charge >= 0.3 is 23.9 Å². The normalized spacial score (nSPS) is 18.4. The maximum absolute atomic E-state index is 14.5. The average molecular weight is 1590 g/mol. The number of rotatable bonds is 42. The second-order valence-electron chi connectivity index (χ2n) is 29.1. The van der Waals surface area contributed by atoms with E-state index >= 15 is 0 Å². The second kappa shape index (κ2) is 44.0. The molecule has 37 nitrogen and oxygen atoms in total. The van der Waals surface area contributed by atoms with E-state index in [0.29, 0.717) is 34.9 Å². The van der Waals surface area contributed by atoms with Crippen molar-refractivity contribution in [2.24, 2.45) is 50.5 Å². The van der Waals surface area contributed by atoms with Crippen LogP contribution in [0, 0.1) is 49.3 Å². The Labute approximate surface area is 657 Å². The third-order valence-corrected chi connectivity index (χ3v) is 20.1. The lowest BCUT2D eigenvalue weighted by Gasteiger charge is -2.50. The summed E-state index contributed by atoms with van der Waals surface area (Å²) in [6, 6.07) is 21.7. The van der Waals surface area contributed by atoms with Gasteiger partial charge in [-0.25, -0.2) is 35.0 Å². The molecule has 0 radical (unpaired) electrons. The molecule has 0 saturated heterocycles. The van der Waals surface area contributed by atoms with Crippen LogP contribution in [0.4, 0.5) is 0 Å². The number of amides is 8. The molecule has 3 aliphatic rings. The molecule has 0 spiro atoms. The quantitative estimate of drug-likeness (QED) is 0.00575. The van der Waals surface area contributed by atoms with Crippen molar-refractivity contribution in [1.82, 2.24) is 53.4 Å². The van der Waals surface area contributed by atoms with Crippen LogP contribution >= 0.6 is 0 Å². The van der Waals surface area contributed by atoms with Crippen molar-refractivity contribution in [3.63, 3.8) is 0 Å². The van der Waals surface area contributed by atoms with Crippen molar-refractivity contribution in [2.45, 2.75) is 193 Å². The fraction of sp³-hybridized carbons (Fsp3) is 0.506. The SMILES string of the molecule is CC(C)[C@H](NC(=O)[C@H](CC(=O)OCc1ccccc1)NC(=O)CNC(=O)[C@H](CCCN=C(N)N[N+](=O)[O-])NC(=O)CCC(=O)O[C@H]1CC[C@H]2[C@@H]3CCc4cc(O)ccc4[C@H]3CC[C@]12C)C(=O)N[C@@H](CCCN=C(N)N[N+](=O)[O-])C(=O)NCC(=O)N[C@@H](CC(=O)OCc1ccccc1)C(=O)N[C@H](C(=O)OCc1ccccc1)C(C)C. The zero-order valence-electron chi connectivity index (χ0n) is 64.2. The van der Waals surface area contributed by atoms with E-state index in [-0.39, 0.29) is 82.1 Å². The zero-order valence-corrected chi connectivity index (χ0v) is 64.2. The molecule has 114 heavy (non-hydrogen) atoms. The summed E-state index contributed by atoms with van der Waals surface area (Å²) in [7, 11) is 0. The van der Waals surface area contributed by atoms with Crippen molar-refractivity contribution in [3.05, 3.63) is 157 Å². The Kier molecular flexibility index (Phi) is 34.3. The molecule has 616 valence electrons. The van der Waals surface area contributed by atoms with Crippen LogP contribution in [0.25, 0.3) is 0 Å². The first-order valence-corrected chi connectivity index (χ1v) is 37.7. The Morgan fingerprint density at radius 1 is 0.535 bits per heavy atom. The van der Waals surface area contributed by atoms with E-state index in [9.17, 15) is 82.9 Å². The number of aromatic hydroxyl groups is 1. The molecule has 4 aromatic rings. The molecule has 8 amide bonds. The monoisotopic (exact) mass is 1590 g/mol. The highest BCUT2D eigenvalue weighted by Crippen LogP contribution is 2.61. The van der Waals surface area contributed by atoms with Crippen molar-refractivity contribution in [3.8, 4) is 5.75 Å². The van der Waals surface area contributed by atoms with Crippen LogP contribution < -0.4 is 64.9 Å². The number of carbonyl (C=O) groups is 12. The molecule has 0 bridgehead atoms. The van der Waals surface area contributed by atoms with Crippen molar-refractivity contribution >= 4 is 83.1 Å². The maximum Gasteiger partial charge on any atom is 0.329 e. The van der Waals surface area contributed by atoms with Crippen molar-refractivity contribution in [2.75, 3.05) is 26.2 Å². The number of guanidine groups is 2. The fourth-order valence-corrected chi connectivity index (χ4v) is 14.2. The smallest absolute Gasteiger partial charge is 0.329 e. The first kappa shape index (κ1) is 88.9. The molecule has 37 heteroatoms. The minimum atomic E-state index is -1.86. The van der Waals surface area contributed by atoms with Crippen LogP contribution in [-0.2, 0) is 103 Å². The van der Waals surface area contributed by atoms with Gasteiger partial charge < -0.3 is 78.1 Å². The number of aliphatic imine (C=N–C) groups is 2. The molecule has 7 rings (SSSR count). The van der Waals surface area contributed by atoms with Gasteiger partial charge in [0.25, 0.3) is 11.9 Å². The number of hydrogen-bond donors (Lipinski definition) is 13. The molecular weight excluding hydrogens is 1480 g/mol. The number of phenolic OH excluding ortho intramolecular Hbond substituents is 1. The second-order valence-corrected chi connectivity index (χ2v) is 29.1. The zero-order chi connectivity index (χ0) is 83.0. The first-order valence-electron chi connectivity index (χ1n) is 37.7. The number of nitrogens with two attached hydrogens (primary N) is 2. The lowest BCUT2D eigenvalue weighted by atomic mass is 9.55. The third-order valence-electron chi connectivity index (χ3n) is 20.1. The molecule has 15 N–H and O–H groups in total. The number of benzene rings is 4. The Hall–Kier alpha value is -12.3. The Morgan fingerprint density at radius 3 is 1.48 bits per heavy atom. The average Bonchev–Trinajstić information content (AvgIpc) is 1.56. The van der Waals surface area contributed by atoms with Gasteiger partial charge in [-0.2, -0.15) is 0 Å². The highest BCUT2D eigenvalue weighted by atomic mass is 16.7. The summed E-state index contributed by atoms with van der Waals surface area (Å²) in [5, 5.41) is 49.9. The summed E-state index contributed by atoms with van der Waals surface area (Å²) in [5.41, 5.74) is 18.5. The number of nitrogens with one attached hydrogen (secondary N) is 10. The minimum Gasteiger partial charge on any atom is -0.508 e. The molecule has 3 aliphatic carbocycles. The van der Waals surface area contributed by atoms with Gasteiger partial charge in [-0.15, -0.1) is 0 Å². The number of carbonyl (C=O) groups excluding carboxylic acids is 12. The molecule has 0 aromatic heterocycles. The van der Waals surface area contributed by atoms with Gasteiger partial charge in [0.05, 0.1) is 32.4 Å². The highest BCUT2D eigenvalue weighted by Gasteiger charge is 2.56. The molecule has 2 saturated carbocycles. The van der Waals surface area contributed by atoms with Gasteiger partial charge in [0, 0.05) is 24.9 Å². The number of fused-ring (bicyclic) bond motifs is 5. The van der Waals surface area contributed by atoms with Crippen LogP contribution in [0.15, 0.2) is 119 Å². The number of hydrazine groups is 2. The van der Waals surface area contributed by atoms with E-state index in [1.807, 2.05) is 12.1 Å². The standard InChI is InChI=1S/C77H102N16O21/c1-45(2)67(73(105)87-57(24-16-36-81-76(79)91-93(109)110)70(102)83-41-63(97)86-59(39-66(100)112-43-48-19-11-7-12-20-48)72(104)89-68(46(3)4)74(106)113-44-49-21-13-8-14-22-49)88-71(103)58(38-65(99)111-42-47-17-9-6-10-18-47)85-62(96)40-82-69(101)56(23-15-35-80-75(78)90-92(107)108)84-61(95)31-32-64(98)114-60-30-29-55-54-27-25-50-37-51(94)26-28-52(50)53(54)33-34-77(55,60)5/h6-14,17-22,26,28,37,45-46,53-60,67-68,94H,15-16,23-25,27,29-36,38-44H2,1-5H3,(H,82,101)(H,83,102)(H,84,95)(H,85,96)(H,86,97)(H,87,105)(H,88,103)(H,89,104)(H3,78,80,90)(H3,79,81,91)/t53-,54-,55+,56+,57+,58+,59+,60+,67+,68+,77+/m1/s1. The number of nitro groups is 2. The van der Waals surface area contributed by atoms with E-state index in [2.05, 4.69) is 59.4 Å². The molecule has 4 aromatic carbocycles. The van der Waals surface area contributed by atoms with Gasteiger partial charge in [0.2, 0.25) is 47.3 Å². The molecule has 0 aliphatic heterocycles. The van der Waals surface area contributed by atoms with Gasteiger partial charge in [0.1, 0.15) is 67.9 Å². The summed E-state index contributed by atoms with van der Waals surface area (Å²) in [5.74, 6) is -12.9. The first-order chi connectivity index (χ1) is 54.3. The van der Waals surface area contributed by atoms with Gasteiger partial charge in [-0.1, -0.05) is 143 Å². The number of nitrogens with zero attached hydrogens (tertiary/aromatic N) is 4. The molecule has 11 atom stereocenters. The number of hydrogen-bond acceptors (Lipinski definition) is 23. The van der Waals surface area contributed by atoms with Gasteiger partial charge in [-0.05, 0) is 134 Å². The summed E-state index contributed by atoms with van der Waals surface area (Å²) in [6.07, 6.45) is 1.48. The van der Waals surface area contributed by atoms with Crippen LogP contribution in [0.5, 0.6) is 5.75 Å². The Bertz CT molecular complexity index is 4100.